The highest BCUT2D eigenvalue weighted by molar-refractivity contribution is 7.90. The van der Waals surface area contributed by atoms with Crippen LogP contribution in [0.25, 0.3) is 0 Å². The molecule has 0 aromatic carbocycles. The Bertz CT molecular complexity index is 355. The summed E-state index contributed by atoms with van der Waals surface area (Å²) in [7, 11) is -1.87. The van der Waals surface area contributed by atoms with E-state index in [1.54, 1.807) is 0 Å². The van der Waals surface area contributed by atoms with Gasteiger partial charge in [-0.15, -0.1) is 0 Å². The molecule has 0 aliphatic carbocycles. The van der Waals surface area contributed by atoms with Crippen molar-refractivity contribution >= 4 is 16.0 Å². The average molecular weight is 250 g/mol. The zero-order valence-corrected chi connectivity index (χ0v) is 10.3. The second-order valence-corrected chi connectivity index (χ2v) is 6.35. The van der Waals surface area contributed by atoms with Gasteiger partial charge in [0.25, 0.3) is 0 Å². The first-order chi connectivity index (χ1) is 7.39. The largest absolute Gasteiger partial charge is 0.480 e. The summed E-state index contributed by atoms with van der Waals surface area (Å²) in [5.74, 6) is -1.02. The summed E-state index contributed by atoms with van der Waals surface area (Å²) in [5, 5.41) is 10.4. The van der Waals surface area contributed by atoms with Gasteiger partial charge in [0.1, 0.15) is 0 Å². The van der Waals surface area contributed by atoms with E-state index >= 15 is 0 Å². The van der Waals surface area contributed by atoms with Gasteiger partial charge in [-0.1, -0.05) is 0 Å². The molecule has 1 aliphatic heterocycles. The number of sulfonamides is 1. The zero-order chi connectivity index (χ0) is 12.3. The Morgan fingerprint density at radius 1 is 1.62 bits per heavy atom. The van der Waals surface area contributed by atoms with Crippen molar-refractivity contribution in [1.29, 1.82) is 0 Å². The summed E-state index contributed by atoms with van der Waals surface area (Å²) in [5.41, 5.74) is 0. The molecule has 2 N–H and O–H groups in total. The molecule has 0 saturated carbocycles. The summed E-state index contributed by atoms with van der Waals surface area (Å²) < 4.78 is 25.0. The molecule has 1 fully saturated rings. The van der Waals surface area contributed by atoms with Crippen LogP contribution < -0.4 is 5.32 Å². The van der Waals surface area contributed by atoms with E-state index < -0.39 is 21.2 Å². The molecule has 1 saturated heterocycles. The third-order valence-electron chi connectivity index (χ3n) is 2.90. The molecule has 0 radical (unpaired) electrons. The lowest BCUT2D eigenvalue weighted by Gasteiger charge is -2.19. The fourth-order valence-corrected chi connectivity index (χ4v) is 3.32. The number of aliphatic carboxylic acids is 1. The number of rotatable bonds is 5. The number of nitrogens with zero attached hydrogens (tertiary/aromatic N) is 1. The van der Waals surface area contributed by atoms with Gasteiger partial charge in [-0.3, -0.25) is 4.79 Å². The topological polar surface area (TPSA) is 86.7 Å². The van der Waals surface area contributed by atoms with Crippen LogP contribution in [-0.4, -0.2) is 55.7 Å². The third-order valence-corrected chi connectivity index (χ3v) is 5.04. The molecular formula is C9H18N2O4S. The number of carbonyl (C=O) groups is 1. The SMILES string of the molecule is CNCC1CCN(S(=O)(=O)C(C)C(=O)O)C1. The van der Waals surface area contributed by atoms with E-state index in [1.165, 1.54) is 11.2 Å². The maximum atomic E-state index is 11.8. The molecule has 0 amide bonds. The predicted octanol–water partition coefficient (Wildman–Crippen LogP) is -0.669. The molecule has 16 heavy (non-hydrogen) atoms. The average Bonchev–Trinajstić information content (AvgIpc) is 2.66. The number of nitrogens with one attached hydrogen (secondary N) is 1. The van der Waals surface area contributed by atoms with Gasteiger partial charge in [-0.25, -0.2) is 12.7 Å². The Labute approximate surface area is 95.7 Å². The smallest absolute Gasteiger partial charge is 0.323 e. The van der Waals surface area contributed by atoms with Crippen LogP contribution in [0.3, 0.4) is 0 Å². The quantitative estimate of drug-likeness (QED) is 0.676. The molecule has 94 valence electrons. The molecule has 2 atom stereocenters. The van der Waals surface area contributed by atoms with E-state index in [4.69, 9.17) is 5.11 Å². The van der Waals surface area contributed by atoms with Crippen LogP contribution in [0.15, 0.2) is 0 Å². The summed E-state index contributed by atoms with van der Waals surface area (Å²) in [6.07, 6.45) is 0.784. The summed E-state index contributed by atoms with van der Waals surface area (Å²) >= 11 is 0. The van der Waals surface area contributed by atoms with Gasteiger partial charge >= 0.3 is 5.97 Å². The normalized spacial score (nSPS) is 24.5. The fourth-order valence-electron chi connectivity index (χ4n) is 1.83. The molecule has 2 unspecified atom stereocenters. The third kappa shape index (κ3) is 2.72. The van der Waals surface area contributed by atoms with Crippen molar-refractivity contribution < 1.29 is 18.3 Å². The van der Waals surface area contributed by atoms with E-state index in [-0.39, 0.29) is 5.92 Å². The Balaban J connectivity index is 2.69. The van der Waals surface area contributed by atoms with Crippen LogP contribution in [0.2, 0.25) is 0 Å². The highest BCUT2D eigenvalue weighted by Gasteiger charge is 2.37. The number of carboxylic acid groups (broad SMARTS) is 1. The minimum atomic E-state index is -3.68. The summed E-state index contributed by atoms with van der Waals surface area (Å²) in [6.45, 7) is 2.81. The molecule has 0 spiro atoms. The molecular weight excluding hydrogens is 232 g/mol. The molecule has 6 nitrogen and oxygen atoms in total. The first-order valence-corrected chi connectivity index (χ1v) is 6.76. The van der Waals surface area contributed by atoms with Crippen molar-refractivity contribution in [2.45, 2.75) is 18.6 Å². The van der Waals surface area contributed by atoms with Gasteiger partial charge in [0.2, 0.25) is 10.0 Å². The van der Waals surface area contributed by atoms with Gasteiger partial charge in [-0.2, -0.15) is 0 Å². The van der Waals surface area contributed by atoms with Gasteiger partial charge in [0.15, 0.2) is 5.25 Å². The summed E-state index contributed by atoms with van der Waals surface area (Å²) in [6, 6.07) is 0. The van der Waals surface area contributed by atoms with Crippen LogP contribution in [0.1, 0.15) is 13.3 Å². The predicted molar refractivity (Wildman–Crippen MR) is 59.6 cm³/mol. The van der Waals surface area contributed by atoms with Crippen LogP contribution >= 0.6 is 0 Å². The Hall–Kier alpha value is -0.660. The Morgan fingerprint density at radius 2 is 2.25 bits per heavy atom. The molecule has 1 rings (SSSR count). The minimum Gasteiger partial charge on any atom is -0.480 e. The van der Waals surface area contributed by atoms with Crippen LogP contribution in [0, 0.1) is 5.92 Å². The van der Waals surface area contributed by atoms with E-state index in [0.717, 1.165) is 13.0 Å². The van der Waals surface area contributed by atoms with E-state index in [1.807, 2.05) is 7.05 Å². The Morgan fingerprint density at radius 3 is 2.75 bits per heavy atom. The van der Waals surface area contributed by atoms with Gasteiger partial charge in [0, 0.05) is 13.1 Å². The van der Waals surface area contributed by atoms with Crippen molar-refractivity contribution in [3.05, 3.63) is 0 Å². The number of carboxylic acids is 1. The van der Waals surface area contributed by atoms with Gasteiger partial charge in [-0.05, 0) is 32.9 Å². The second-order valence-electron chi connectivity index (χ2n) is 4.10. The molecule has 1 heterocycles. The van der Waals surface area contributed by atoms with Crippen molar-refractivity contribution in [2.75, 3.05) is 26.7 Å². The lowest BCUT2D eigenvalue weighted by Crippen LogP contribution is -2.40. The van der Waals surface area contributed by atoms with Crippen molar-refractivity contribution in [2.24, 2.45) is 5.92 Å². The van der Waals surface area contributed by atoms with E-state index in [0.29, 0.717) is 13.1 Å². The molecule has 7 heteroatoms. The first-order valence-electron chi connectivity index (χ1n) is 5.26. The summed E-state index contributed by atoms with van der Waals surface area (Å²) in [4.78, 5) is 10.7. The minimum absolute atomic E-state index is 0.278. The molecule has 0 aromatic heterocycles. The number of hydrogen-bond donors (Lipinski definition) is 2. The lowest BCUT2D eigenvalue weighted by molar-refractivity contribution is -0.136. The zero-order valence-electron chi connectivity index (χ0n) is 9.51. The standard InChI is InChI=1S/C9H18N2O4S/c1-7(9(12)13)16(14,15)11-4-3-8(6-11)5-10-2/h7-8,10H,3-6H2,1-2H3,(H,12,13). The number of hydrogen-bond acceptors (Lipinski definition) is 4. The highest BCUT2D eigenvalue weighted by Crippen LogP contribution is 2.21. The van der Waals surface area contributed by atoms with E-state index in [2.05, 4.69) is 5.32 Å². The van der Waals surface area contributed by atoms with Gasteiger partial charge in [0.05, 0.1) is 0 Å². The first kappa shape index (κ1) is 13.4. The molecule has 0 aromatic rings. The van der Waals surface area contributed by atoms with Crippen LogP contribution in [-0.2, 0) is 14.8 Å². The lowest BCUT2D eigenvalue weighted by atomic mass is 10.1. The molecule has 1 aliphatic rings. The Kier molecular flexibility index (Phi) is 4.28. The van der Waals surface area contributed by atoms with E-state index in [9.17, 15) is 13.2 Å². The van der Waals surface area contributed by atoms with Gasteiger partial charge < -0.3 is 10.4 Å². The van der Waals surface area contributed by atoms with Crippen molar-refractivity contribution in [1.82, 2.24) is 9.62 Å². The fraction of sp³-hybridized carbons (Fsp3) is 0.889. The molecule has 0 bridgehead atoms. The maximum Gasteiger partial charge on any atom is 0.323 e. The second kappa shape index (κ2) is 5.11. The van der Waals surface area contributed by atoms with Crippen LogP contribution in [0.4, 0.5) is 0 Å². The monoisotopic (exact) mass is 250 g/mol. The van der Waals surface area contributed by atoms with Crippen LogP contribution in [0.5, 0.6) is 0 Å². The van der Waals surface area contributed by atoms with Crippen molar-refractivity contribution in [3.63, 3.8) is 0 Å². The highest BCUT2D eigenvalue weighted by atomic mass is 32.2. The van der Waals surface area contributed by atoms with Crippen molar-refractivity contribution in [3.8, 4) is 0 Å². The maximum absolute atomic E-state index is 11.8.